The van der Waals surface area contributed by atoms with Gasteiger partial charge in [-0.3, -0.25) is 9.59 Å². The number of aliphatic hydroxyl groups excluding tert-OH is 4. The fourth-order valence-corrected chi connectivity index (χ4v) is 7.82. The molecule has 0 aromatic rings. The molecule has 0 spiro atoms. The highest BCUT2D eigenvalue weighted by molar-refractivity contribution is 5.66. The fraction of sp³-hybridized carbons (Fsp3) is 0.778. The SMILES string of the molecule is C=CC(C)(C)OC[C@H]1O[C@H](O[C@@H]2C3=CC(C(C)COC(C)=O)[C@H](O)[C@]3(C)/C=C3/[C@@H](COC)CC[C@H]3[C@@H](C)[C@H]2O)[C@H](O)[C@@H](OC(C)=O)[C@@H]1O. The smallest absolute Gasteiger partial charge is 0.303 e. The van der Waals surface area contributed by atoms with Crippen LogP contribution in [0, 0.1) is 35.0 Å². The van der Waals surface area contributed by atoms with Gasteiger partial charge in [-0.2, -0.15) is 0 Å². The second-order valence-corrected chi connectivity index (χ2v) is 14.8. The number of fused-ring (bicyclic) bond motifs is 2. The maximum absolute atomic E-state index is 12.2. The van der Waals surface area contributed by atoms with Crippen LogP contribution in [-0.2, 0) is 38.0 Å². The van der Waals surface area contributed by atoms with Crippen molar-refractivity contribution in [1.29, 1.82) is 0 Å². The van der Waals surface area contributed by atoms with Gasteiger partial charge in [0.2, 0.25) is 0 Å². The van der Waals surface area contributed by atoms with Gasteiger partial charge in [0.1, 0.15) is 24.4 Å². The first-order valence-corrected chi connectivity index (χ1v) is 17.0. The fourth-order valence-electron chi connectivity index (χ4n) is 7.82. The van der Waals surface area contributed by atoms with Crippen molar-refractivity contribution in [3.05, 3.63) is 36.0 Å². The maximum Gasteiger partial charge on any atom is 0.303 e. The van der Waals surface area contributed by atoms with Crippen LogP contribution in [0.15, 0.2) is 36.0 Å². The average Bonchev–Trinajstić information content (AvgIpc) is 3.52. The lowest BCUT2D eigenvalue weighted by molar-refractivity contribution is -0.320. The molecule has 0 bridgehead atoms. The monoisotopic (exact) mass is 680 g/mol. The van der Waals surface area contributed by atoms with Crippen LogP contribution in [-0.4, -0.2) is 114 Å². The number of ether oxygens (including phenoxy) is 6. The zero-order valence-electron chi connectivity index (χ0n) is 29.5. The molecule has 12 heteroatoms. The third kappa shape index (κ3) is 7.91. The van der Waals surface area contributed by atoms with Crippen LogP contribution >= 0.6 is 0 Å². The first kappa shape index (κ1) is 38.6. The summed E-state index contributed by atoms with van der Waals surface area (Å²) in [6.45, 7) is 16.1. The second-order valence-electron chi connectivity index (χ2n) is 14.8. The van der Waals surface area contributed by atoms with Crippen LogP contribution in [0.1, 0.15) is 61.3 Å². The Kier molecular flexibility index (Phi) is 12.4. The van der Waals surface area contributed by atoms with Crippen molar-refractivity contribution in [2.75, 3.05) is 26.9 Å². The molecule has 1 saturated carbocycles. The molecule has 0 aromatic heterocycles. The van der Waals surface area contributed by atoms with Gasteiger partial charge in [-0.15, -0.1) is 6.58 Å². The minimum Gasteiger partial charge on any atom is -0.466 e. The number of aliphatic hydroxyl groups is 4. The number of esters is 2. The summed E-state index contributed by atoms with van der Waals surface area (Å²) in [4.78, 5) is 23.7. The first-order chi connectivity index (χ1) is 22.4. The molecule has 4 rings (SSSR count). The molecule has 2 unspecified atom stereocenters. The summed E-state index contributed by atoms with van der Waals surface area (Å²) in [7, 11) is 1.66. The van der Waals surface area contributed by atoms with Crippen LogP contribution in [0.2, 0.25) is 0 Å². The Morgan fingerprint density at radius 3 is 2.40 bits per heavy atom. The third-order valence-corrected chi connectivity index (χ3v) is 10.9. The summed E-state index contributed by atoms with van der Waals surface area (Å²) in [5.41, 5.74) is -0.0738. The Bertz CT molecular complexity index is 1230. The van der Waals surface area contributed by atoms with Gasteiger partial charge in [0.25, 0.3) is 0 Å². The molecule has 1 aliphatic heterocycles. The number of methoxy groups -OCH3 is 1. The van der Waals surface area contributed by atoms with E-state index < -0.39 is 77.9 Å². The lowest BCUT2D eigenvalue weighted by atomic mass is 9.67. The Morgan fingerprint density at radius 2 is 1.79 bits per heavy atom. The predicted molar refractivity (Wildman–Crippen MR) is 174 cm³/mol. The average molecular weight is 681 g/mol. The first-order valence-electron chi connectivity index (χ1n) is 17.0. The van der Waals surface area contributed by atoms with Gasteiger partial charge in [-0.25, -0.2) is 0 Å². The van der Waals surface area contributed by atoms with Crippen LogP contribution in [0.3, 0.4) is 0 Å². The molecule has 2 fully saturated rings. The van der Waals surface area contributed by atoms with E-state index in [1.54, 1.807) is 27.0 Å². The molecule has 4 aliphatic rings. The minimum atomic E-state index is -1.62. The van der Waals surface area contributed by atoms with E-state index in [4.69, 9.17) is 28.4 Å². The molecular weight excluding hydrogens is 624 g/mol. The van der Waals surface area contributed by atoms with Crippen molar-refractivity contribution < 1.29 is 58.4 Å². The minimum absolute atomic E-state index is 0.0237. The molecular formula is C36H56O12. The zero-order valence-corrected chi connectivity index (χ0v) is 29.5. The van der Waals surface area contributed by atoms with Gasteiger partial charge in [-0.1, -0.05) is 37.6 Å². The van der Waals surface area contributed by atoms with Gasteiger partial charge < -0.3 is 48.8 Å². The summed E-state index contributed by atoms with van der Waals surface area (Å²) in [5.74, 6) is -2.10. The summed E-state index contributed by atoms with van der Waals surface area (Å²) < 4.78 is 34.9. The van der Waals surface area contributed by atoms with Crippen LogP contribution in [0.5, 0.6) is 0 Å². The van der Waals surface area contributed by atoms with Crippen molar-refractivity contribution in [3.63, 3.8) is 0 Å². The van der Waals surface area contributed by atoms with E-state index in [0.717, 1.165) is 18.4 Å². The lowest BCUT2D eigenvalue weighted by Gasteiger charge is -2.46. The van der Waals surface area contributed by atoms with Crippen LogP contribution in [0.25, 0.3) is 0 Å². The summed E-state index contributed by atoms with van der Waals surface area (Å²) in [6, 6.07) is 0. The maximum atomic E-state index is 12.2. The van der Waals surface area contributed by atoms with E-state index in [-0.39, 0.29) is 36.9 Å². The van der Waals surface area contributed by atoms with E-state index >= 15 is 0 Å². The number of hydrogen-bond donors (Lipinski definition) is 4. The van der Waals surface area contributed by atoms with Crippen molar-refractivity contribution in [2.24, 2.45) is 35.0 Å². The van der Waals surface area contributed by atoms with Crippen LogP contribution in [0.4, 0.5) is 0 Å². The second kappa shape index (κ2) is 15.4. The summed E-state index contributed by atoms with van der Waals surface area (Å²) >= 11 is 0. The molecule has 14 atom stereocenters. The van der Waals surface area contributed by atoms with Crippen LogP contribution < -0.4 is 0 Å². The van der Waals surface area contributed by atoms with Crippen molar-refractivity contribution >= 4 is 11.9 Å². The molecule has 1 saturated heterocycles. The summed E-state index contributed by atoms with van der Waals surface area (Å²) in [6.07, 6.45) is -2.90. The molecule has 0 radical (unpaired) electrons. The van der Waals surface area contributed by atoms with E-state index in [1.807, 2.05) is 26.8 Å². The van der Waals surface area contributed by atoms with Crippen molar-refractivity contribution in [2.45, 2.75) is 116 Å². The molecule has 3 aliphatic carbocycles. The normalized spacial score (nSPS) is 41.5. The highest BCUT2D eigenvalue weighted by atomic mass is 16.7. The van der Waals surface area contributed by atoms with Gasteiger partial charge in [-0.05, 0) is 56.9 Å². The molecule has 1 heterocycles. The molecule has 48 heavy (non-hydrogen) atoms. The largest absolute Gasteiger partial charge is 0.466 e. The topological polar surface area (TPSA) is 170 Å². The highest BCUT2D eigenvalue weighted by Gasteiger charge is 2.56. The van der Waals surface area contributed by atoms with E-state index in [1.165, 1.54) is 13.8 Å². The molecule has 0 aromatic carbocycles. The Hall–Kier alpha value is -2.16. The number of rotatable bonds is 12. The zero-order chi connectivity index (χ0) is 35.7. The predicted octanol–water partition coefficient (Wildman–Crippen LogP) is 2.46. The molecule has 4 N–H and O–H groups in total. The van der Waals surface area contributed by atoms with Crippen molar-refractivity contribution in [3.8, 4) is 0 Å². The van der Waals surface area contributed by atoms with Gasteiger partial charge in [0.05, 0.1) is 37.6 Å². The van der Waals surface area contributed by atoms with E-state index in [2.05, 4.69) is 12.7 Å². The van der Waals surface area contributed by atoms with Gasteiger partial charge in [0, 0.05) is 38.2 Å². The number of carbonyl (C=O) groups excluding carboxylic acids is 2. The lowest BCUT2D eigenvalue weighted by Crippen LogP contribution is -2.62. The van der Waals surface area contributed by atoms with E-state index in [9.17, 15) is 30.0 Å². The van der Waals surface area contributed by atoms with Gasteiger partial charge >= 0.3 is 11.9 Å². The molecule has 272 valence electrons. The quantitative estimate of drug-likeness (QED) is 0.176. The molecule has 12 nitrogen and oxygen atoms in total. The van der Waals surface area contributed by atoms with Crippen molar-refractivity contribution in [1.82, 2.24) is 0 Å². The van der Waals surface area contributed by atoms with Gasteiger partial charge in [0.15, 0.2) is 12.4 Å². The number of hydrogen-bond acceptors (Lipinski definition) is 12. The third-order valence-electron chi connectivity index (χ3n) is 10.9. The Balaban J connectivity index is 1.77. The summed E-state index contributed by atoms with van der Waals surface area (Å²) in [5, 5.41) is 46.8. The highest BCUT2D eigenvalue weighted by Crippen LogP contribution is 2.55. The standard InChI is InChI=1S/C36H56O12/c1-10-35(6,7)45-17-27-29(40)32(46-21(5)38)30(41)34(47-27)48-31-26-13-24(18(2)15-44-20(4)37)33(42)36(26,8)14-25-22(16-43-9)11-12-23(25)19(3)28(31)39/h10,13-14,18-19,22-24,27-34,39-42H,1,11-12,15-17H2,2-9H3/b25-14-/t18?,19-,22-,23+,24?,27-,28-,29-,30-,31-,32+,33+,34-,36-/m1/s1. The molecule has 0 amide bonds. The number of carbonyl (C=O) groups is 2. The Morgan fingerprint density at radius 1 is 1.10 bits per heavy atom. The Labute approximate surface area is 284 Å². The van der Waals surface area contributed by atoms with E-state index in [0.29, 0.717) is 12.2 Å².